The molecule has 2 aromatic carbocycles. The average molecular weight is 312 g/mol. The van der Waals surface area contributed by atoms with E-state index >= 15 is 0 Å². The van der Waals surface area contributed by atoms with Crippen LogP contribution in [0.4, 0.5) is 0 Å². The summed E-state index contributed by atoms with van der Waals surface area (Å²) in [5, 5.41) is 9.62. The molecule has 0 radical (unpaired) electrons. The SMILES string of the molecule is CCCCC(CCCC)(Oc1ccccc1)c1ccc(O)cc1. The lowest BCUT2D eigenvalue weighted by Crippen LogP contribution is -2.33. The van der Waals surface area contributed by atoms with Gasteiger partial charge in [0.25, 0.3) is 0 Å². The fraction of sp³-hybridized carbons (Fsp3) is 0.429. The van der Waals surface area contributed by atoms with E-state index in [0.29, 0.717) is 5.75 Å². The Morgan fingerprint density at radius 1 is 0.826 bits per heavy atom. The third-order valence-corrected chi connectivity index (χ3v) is 4.32. The van der Waals surface area contributed by atoms with E-state index in [1.54, 1.807) is 12.1 Å². The van der Waals surface area contributed by atoms with Crippen molar-refractivity contribution in [3.05, 3.63) is 60.2 Å². The Balaban J connectivity index is 2.37. The molecule has 0 amide bonds. The lowest BCUT2D eigenvalue weighted by molar-refractivity contribution is 0.0421. The molecule has 2 nitrogen and oxygen atoms in total. The zero-order valence-corrected chi connectivity index (χ0v) is 14.3. The highest BCUT2D eigenvalue weighted by atomic mass is 16.5. The van der Waals surface area contributed by atoms with Crippen molar-refractivity contribution >= 4 is 0 Å². The van der Waals surface area contributed by atoms with Crippen LogP contribution in [0.2, 0.25) is 0 Å². The first-order valence-electron chi connectivity index (χ1n) is 8.74. The van der Waals surface area contributed by atoms with Crippen molar-refractivity contribution < 1.29 is 9.84 Å². The molecule has 2 heteroatoms. The van der Waals surface area contributed by atoms with Gasteiger partial charge >= 0.3 is 0 Å². The van der Waals surface area contributed by atoms with Gasteiger partial charge in [-0.15, -0.1) is 0 Å². The van der Waals surface area contributed by atoms with E-state index in [0.717, 1.165) is 49.8 Å². The number of rotatable bonds is 9. The van der Waals surface area contributed by atoms with Gasteiger partial charge in [0.1, 0.15) is 17.1 Å². The van der Waals surface area contributed by atoms with Crippen LogP contribution in [0, 0.1) is 0 Å². The molecule has 2 rings (SSSR count). The second kappa shape index (κ2) is 8.61. The Morgan fingerprint density at radius 2 is 1.39 bits per heavy atom. The number of benzene rings is 2. The summed E-state index contributed by atoms with van der Waals surface area (Å²) in [5.74, 6) is 1.21. The van der Waals surface area contributed by atoms with E-state index < -0.39 is 0 Å². The van der Waals surface area contributed by atoms with Gasteiger partial charge < -0.3 is 9.84 Å². The Morgan fingerprint density at radius 3 is 1.91 bits per heavy atom. The van der Waals surface area contributed by atoms with Crippen molar-refractivity contribution in [1.82, 2.24) is 0 Å². The molecular formula is C21H28O2. The molecule has 23 heavy (non-hydrogen) atoms. The lowest BCUT2D eigenvalue weighted by atomic mass is 9.83. The number of ether oxygens (including phenoxy) is 1. The Kier molecular flexibility index (Phi) is 6.52. The first-order valence-corrected chi connectivity index (χ1v) is 8.74. The fourth-order valence-corrected chi connectivity index (χ4v) is 2.98. The summed E-state index contributed by atoms with van der Waals surface area (Å²) in [5.41, 5.74) is 0.835. The minimum Gasteiger partial charge on any atom is -0.508 e. The molecule has 0 aliphatic heterocycles. The van der Waals surface area contributed by atoms with Gasteiger partial charge in [-0.2, -0.15) is 0 Å². The molecule has 0 bridgehead atoms. The summed E-state index contributed by atoms with van der Waals surface area (Å²) >= 11 is 0. The second-order valence-electron chi connectivity index (χ2n) is 6.16. The minimum atomic E-state index is -0.318. The number of phenolic OH excluding ortho intramolecular Hbond substituents is 1. The summed E-state index contributed by atoms with van der Waals surface area (Å²) in [6.45, 7) is 4.42. The molecule has 0 aliphatic carbocycles. The van der Waals surface area contributed by atoms with Gasteiger partial charge in [-0.1, -0.05) is 57.0 Å². The molecule has 0 fully saturated rings. The predicted molar refractivity (Wildman–Crippen MR) is 95.9 cm³/mol. The molecule has 0 atom stereocenters. The summed E-state index contributed by atoms with van der Waals surface area (Å²) in [4.78, 5) is 0. The molecule has 2 aromatic rings. The number of unbranched alkanes of at least 4 members (excludes halogenated alkanes) is 2. The summed E-state index contributed by atoms with van der Waals surface area (Å²) in [7, 11) is 0. The van der Waals surface area contributed by atoms with Gasteiger partial charge in [0.05, 0.1) is 0 Å². The normalized spacial score (nSPS) is 11.4. The average Bonchev–Trinajstić information content (AvgIpc) is 2.59. The third-order valence-electron chi connectivity index (χ3n) is 4.32. The van der Waals surface area contributed by atoms with Crippen LogP contribution >= 0.6 is 0 Å². The first kappa shape index (κ1) is 17.4. The number of aromatic hydroxyl groups is 1. The van der Waals surface area contributed by atoms with E-state index in [1.807, 2.05) is 42.5 Å². The summed E-state index contributed by atoms with van der Waals surface area (Å²) in [6.07, 6.45) is 6.51. The van der Waals surface area contributed by atoms with E-state index in [4.69, 9.17) is 4.74 Å². The van der Waals surface area contributed by atoms with E-state index in [9.17, 15) is 5.11 Å². The standard InChI is InChI=1S/C21H28O2/c1-3-5-16-21(17-6-4-2,18-12-14-19(22)15-13-18)23-20-10-8-7-9-11-20/h7-15,22H,3-6,16-17H2,1-2H3. The Hall–Kier alpha value is -1.96. The van der Waals surface area contributed by atoms with Crippen molar-refractivity contribution in [2.24, 2.45) is 0 Å². The number of phenols is 1. The maximum atomic E-state index is 9.62. The van der Waals surface area contributed by atoms with Crippen molar-refractivity contribution in [2.75, 3.05) is 0 Å². The zero-order valence-electron chi connectivity index (χ0n) is 14.3. The predicted octanol–water partition coefficient (Wildman–Crippen LogP) is 6.05. The molecule has 0 heterocycles. The first-order chi connectivity index (χ1) is 11.2. The smallest absolute Gasteiger partial charge is 0.134 e. The fourth-order valence-electron chi connectivity index (χ4n) is 2.98. The largest absolute Gasteiger partial charge is 0.508 e. The molecule has 0 aromatic heterocycles. The minimum absolute atomic E-state index is 0.299. The highest BCUT2D eigenvalue weighted by Gasteiger charge is 2.33. The highest BCUT2D eigenvalue weighted by Crippen LogP contribution is 2.38. The van der Waals surface area contributed by atoms with Gasteiger partial charge in [-0.25, -0.2) is 0 Å². The molecule has 124 valence electrons. The van der Waals surface area contributed by atoms with Gasteiger partial charge in [0, 0.05) is 0 Å². The number of hydrogen-bond donors (Lipinski definition) is 1. The van der Waals surface area contributed by atoms with Crippen LogP contribution in [0.5, 0.6) is 11.5 Å². The van der Waals surface area contributed by atoms with Crippen LogP contribution in [-0.4, -0.2) is 5.11 Å². The van der Waals surface area contributed by atoms with Gasteiger partial charge in [-0.3, -0.25) is 0 Å². The van der Waals surface area contributed by atoms with Crippen LogP contribution < -0.4 is 4.74 Å². The maximum absolute atomic E-state index is 9.62. The molecule has 0 aliphatic rings. The second-order valence-corrected chi connectivity index (χ2v) is 6.16. The molecular weight excluding hydrogens is 284 g/mol. The van der Waals surface area contributed by atoms with Gasteiger partial charge in [-0.05, 0) is 55.5 Å². The summed E-state index contributed by atoms with van der Waals surface area (Å²) < 4.78 is 6.55. The number of para-hydroxylation sites is 1. The van der Waals surface area contributed by atoms with E-state index in [2.05, 4.69) is 13.8 Å². The molecule has 0 spiro atoms. The van der Waals surface area contributed by atoms with Crippen molar-refractivity contribution in [1.29, 1.82) is 0 Å². The van der Waals surface area contributed by atoms with Gasteiger partial charge in [0.2, 0.25) is 0 Å². The van der Waals surface area contributed by atoms with Crippen molar-refractivity contribution in [3.8, 4) is 11.5 Å². The molecule has 0 unspecified atom stereocenters. The van der Waals surface area contributed by atoms with Crippen LogP contribution in [0.1, 0.15) is 57.9 Å². The van der Waals surface area contributed by atoms with Gasteiger partial charge in [0.15, 0.2) is 0 Å². The van der Waals surface area contributed by atoms with E-state index in [1.165, 1.54) is 0 Å². The summed E-state index contributed by atoms with van der Waals surface area (Å²) in [6, 6.07) is 17.6. The Labute approximate surface area is 140 Å². The topological polar surface area (TPSA) is 29.5 Å². The van der Waals surface area contributed by atoms with Crippen LogP contribution in [-0.2, 0) is 5.60 Å². The van der Waals surface area contributed by atoms with Crippen LogP contribution in [0.25, 0.3) is 0 Å². The molecule has 0 saturated heterocycles. The van der Waals surface area contributed by atoms with Crippen molar-refractivity contribution in [3.63, 3.8) is 0 Å². The molecule has 0 saturated carbocycles. The maximum Gasteiger partial charge on any atom is 0.134 e. The third kappa shape index (κ3) is 4.75. The monoisotopic (exact) mass is 312 g/mol. The van der Waals surface area contributed by atoms with Crippen LogP contribution in [0.15, 0.2) is 54.6 Å². The van der Waals surface area contributed by atoms with Crippen molar-refractivity contribution in [2.45, 2.75) is 58.0 Å². The number of hydrogen-bond acceptors (Lipinski definition) is 2. The van der Waals surface area contributed by atoms with Crippen LogP contribution in [0.3, 0.4) is 0 Å². The van der Waals surface area contributed by atoms with E-state index in [-0.39, 0.29) is 5.60 Å². The highest BCUT2D eigenvalue weighted by molar-refractivity contribution is 5.32. The lowest BCUT2D eigenvalue weighted by Gasteiger charge is -2.35. The Bertz CT molecular complexity index is 552. The quantitative estimate of drug-likeness (QED) is 0.611. The zero-order chi connectivity index (χ0) is 16.5. The molecule has 1 N–H and O–H groups in total.